The molecule has 0 saturated heterocycles. The lowest BCUT2D eigenvalue weighted by Crippen LogP contribution is -2.30. The summed E-state index contributed by atoms with van der Waals surface area (Å²) in [6.45, 7) is 3.80. The lowest BCUT2D eigenvalue weighted by atomic mass is 10.1. The Balaban J connectivity index is 1.41. The van der Waals surface area contributed by atoms with Gasteiger partial charge in [0.15, 0.2) is 5.69 Å². The average Bonchev–Trinajstić information content (AvgIpc) is 3.38. The number of H-pyrrole nitrogens is 1. The monoisotopic (exact) mass is 353 g/mol. The highest BCUT2D eigenvalue weighted by Crippen LogP contribution is 2.28. The van der Waals surface area contributed by atoms with Gasteiger partial charge in [-0.3, -0.25) is 14.7 Å². The first kappa shape index (κ1) is 16.8. The molecule has 1 saturated carbocycles. The molecule has 0 unspecified atom stereocenters. The van der Waals surface area contributed by atoms with Crippen molar-refractivity contribution in [1.29, 1.82) is 0 Å². The molecule has 2 heterocycles. The van der Waals surface area contributed by atoms with Gasteiger partial charge in [0.1, 0.15) is 0 Å². The molecule has 1 aliphatic carbocycles. The Hall–Kier alpha value is -2.67. The van der Waals surface area contributed by atoms with Crippen LogP contribution in [0.4, 0.5) is 5.69 Å². The number of fused-ring (bicyclic) bond motifs is 1. The van der Waals surface area contributed by atoms with Crippen LogP contribution in [0.5, 0.6) is 0 Å². The Morgan fingerprint density at radius 1 is 1.27 bits per heavy atom. The topological polar surface area (TPSA) is 90.1 Å². The summed E-state index contributed by atoms with van der Waals surface area (Å²) in [5, 5.41) is 13.3. The molecule has 4 rings (SSSR count). The standard InChI is InChI=1S/C19H23N5O2/c1-12(25)24(15-6-7-15)11-13-2-4-14(5-3-13)21-19(26)18-16-10-20-9-8-17(16)22-23-18/h2-5,15,20H,6-11H2,1H3,(H,21,26)(H,22,23). The van der Waals surface area contributed by atoms with E-state index in [1.54, 1.807) is 6.92 Å². The third kappa shape index (κ3) is 3.48. The summed E-state index contributed by atoms with van der Waals surface area (Å²) in [5.74, 6) is -0.0934. The first-order chi connectivity index (χ1) is 12.6. The number of aromatic nitrogens is 2. The van der Waals surface area contributed by atoms with Gasteiger partial charge in [-0.05, 0) is 30.5 Å². The zero-order valence-corrected chi connectivity index (χ0v) is 14.8. The van der Waals surface area contributed by atoms with Crippen LogP contribution in [0.15, 0.2) is 24.3 Å². The van der Waals surface area contributed by atoms with Crippen molar-refractivity contribution in [1.82, 2.24) is 20.4 Å². The van der Waals surface area contributed by atoms with Gasteiger partial charge < -0.3 is 15.5 Å². The predicted molar refractivity (Wildman–Crippen MR) is 97.6 cm³/mol. The zero-order valence-electron chi connectivity index (χ0n) is 14.8. The molecule has 0 radical (unpaired) electrons. The number of nitrogens with one attached hydrogen (secondary N) is 3. The Morgan fingerprint density at radius 2 is 2.04 bits per heavy atom. The van der Waals surface area contributed by atoms with E-state index >= 15 is 0 Å². The first-order valence-electron chi connectivity index (χ1n) is 9.06. The van der Waals surface area contributed by atoms with Crippen LogP contribution < -0.4 is 10.6 Å². The quantitative estimate of drug-likeness (QED) is 0.765. The molecular formula is C19H23N5O2. The Labute approximate surface area is 152 Å². The van der Waals surface area contributed by atoms with Gasteiger partial charge in [-0.1, -0.05) is 12.1 Å². The summed E-state index contributed by atoms with van der Waals surface area (Å²) in [6, 6.07) is 8.04. The maximum atomic E-state index is 12.5. The number of carbonyl (C=O) groups is 2. The van der Waals surface area contributed by atoms with E-state index in [0.29, 0.717) is 24.8 Å². The SMILES string of the molecule is CC(=O)N(Cc1ccc(NC(=O)c2n[nH]c3c2CNCC3)cc1)C1CC1. The molecule has 0 spiro atoms. The van der Waals surface area contributed by atoms with E-state index in [1.165, 1.54) is 0 Å². The molecule has 7 nitrogen and oxygen atoms in total. The van der Waals surface area contributed by atoms with E-state index in [0.717, 1.165) is 48.3 Å². The maximum absolute atomic E-state index is 12.5. The van der Waals surface area contributed by atoms with Crippen LogP contribution in [-0.4, -0.2) is 39.5 Å². The molecule has 26 heavy (non-hydrogen) atoms. The first-order valence-corrected chi connectivity index (χ1v) is 9.06. The van der Waals surface area contributed by atoms with E-state index < -0.39 is 0 Å². The lowest BCUT2D eigenvalue weighted by molar-refractivity contribution is -0.130. The van der Waals surface area contributed by atoms with Gasteiger partial charge in [0.05, 0.1) is 0 Å². The summed E-state index contributed by atoms with van der Waals surface area (Å²) < 4.78 is 0. The fourth-order valence-electron chi connectivity index (χ4n) is 3.38. The molecule has 1 aromatic carbocycles. The number of hydrogen-bond acceptors (Lipinski definition) is 4. The molecule has 3 N–H and O–H groups in total. The van der Waals surface area contributed by atoms with Crippen molar-refractivity contribution in [2.75, 3.05) is 11.9 Å². The number of benzene rings is 1. The molecule has 136 valence electrons. The van der Waals surface area contributed by atoms with Crippen molar-refractivity contribution in [3.8, 4) is 0 Å². The summed E-state index contributed by atoms with van der Waals surface area (Å²) in [5.41, 5.74) is 4.22. The highest BCUT2D eigenvalue weighted by Gasteiger charge is 2.30. The van der Waals surface area contributed by atoms with E-state index in [4.69, 9.17) is 0 Å². The number of nitrogens with zero attached hydrogens (tertiary/aromatic N) is 2. The van der Waals surface area contributed by atoms with Crippen molar-refractivity contribution in [2.24, 2.45) is 0 Å². The Kier molecular flexibility index (Phi) is 4.46. The van der Waals surface area contributed by atoms with Crippen molar-refractivity contribution in [2.45, 2.75) is 45.3 Å². The number of amides is 2. The second-order valence-electron chi connectivity index (χ2n) is 6.99. The molecule has 7 heteroatoms. The van der Waals surface area contributed by atoms with Crippen LogP contribution in [0.2, 0.25) is 0 Å². The molecule has 1 fully saturated rings. The molecule has 0 atom stereocenters. The predicted octanol–water partition coefficient (Wildman–Crippen LogP) is 1.82. The van der Waals surface area contributed by atoms with Gasteiger partial charge in [0, 0.05) is 56.0 Å². The van der Waals surface area contributed by atoms with Crippen LogP contribution in [-0.2, 0) is 24.3 Å². The smallest absolute Gasteiger partial charge is 0.276 e. The van der Waals surface area contributed by atoms with Crippen LogP contribution >= 0.6 is 0 Å². The van der Waals surface area contributed by atoms with Gasteiger partial charge in [-0.2, -0.15) is 5.10 Å². The van der Waals surface area contributed by atoms with E-state index in [1.807, 2.05) is 29.2 Å². The van der Waals surface area contributed by atoms with E-state index in [2.05, 4.69) is 20.8 Å². The van der Waals surface area contributed by atoms with Gasteiger partial charge >= 0.3 is 0 Å². The highest BCUT2D eigenvalue weighted by atomic mass is 16.2. The fraction of sp³-hybridized carbons (Fsp3) is 0.421. The number of rotatable bonds is 5. The lowest BCUT2D eigenvalue weighted by Gasteiger charge is -2.20. The molecule has 2 aliphatic rings. The average molecular weight is 353 g/mol. The number of carbonyl (C=O) groups excluding carboxylic acids is 2. The number of hydrogen-bond donors (Lipinski definition) is 3. The van der Waals surface area contributed by atoms with Gasteiger partial charge in [0.25, 0.3) is 5.91 Å². The summed E-state index contributed by atoms with van der Waals surface area (Å²) >= 11 is 0. The van der Waals surface area contributed by atoms with Crippen molar-refractivity contribution in [3.05, 3.63) is 46.8 Å². The van der Waals surface area contributed by atoms with Crippen molar-refractivity contribution in [3.63, 3.8) is 0 Å². The van der Waals surface area contributed by atoms with Crippen LogP contribution in [0.25, 0.3) is 0 Å². The minimum absolute atomic E-state index is 0.113. The van der Waals surface area contributed by atoms with Gasteiger partial charge in [-0.15, -0.1) is 0 Å². The minimum atomic E-state index is -0.206. The van der Waals surface area contributed by atoms with Crippen molar-refractivity contribution >= 4 is 17.5 Å². The van der Waals surface area contributed by atoms with Crippen molar-refractivity contribution < 1.29 is 9.59 Å². The normalized spacial score (nSPS) is 16.0. The summed E-state index contributed by atoms with van der Waals surface area (Å²) in [6.07, 6.45) is 3.05. The van der Waals surface area contributed by atoms with Gasteiger partial charge in [-0.25, -0.2) is 0 Å². The molecule has 1 aromatic heterocycles. The fourth-order valence-corrected chi connectivity index (χ4v) is 3.38. The Bertz CT molecular complexity index is 823. The third-order valence-corrected chi connectivity index (χ3v) is 4.98. The third-order valence-electron chi connectivity index (χ3n) is 4.98. The second kappa shape index (κ2) is 6.92. The molecule has 2 aromatic rings. The van der Waals surface area contributed by atoms with Crippen LogP contribution in [0.1, 0.15) is 47.1 Å². The summed E-state index contributed by atoms with van der Waals surface area (Å²) in [7, 11) is 0. The molecule has 0 bridgehead atoms. The molecule has 1 aliphatic heterocycles. The molecular weight excluding hydrogens is 330 g/mol. The van der Waals surface area contributed by atoms with E-state index in [9.17, 15) is 9.59 Å². The highest BCUT2D eigenvalue weighted by molar-refractivity contribution is 6.04. The van der Waals surface area contributed by atoms with Gasteiger partial charge in [0.2, 0.25) is 5.91 Å². The molecule has 2 amide bonds. The minimum Gasteiger partial charge on any atom is -0.336 e. The largest absolute Gasteiger partial charge is 0.336 e. The Morgan fingerprint density at radius 3 is 2.73 bits per heavy atom. The van der Waals surface area contributed by atoms with Crippen LogP contribution in [0, 0.1) is 0 Å². The zero-order chi connectivity index (χ0) is 18.1. The van der Waals surface area contributed by atoms with Crippen LogP contribution in [0.3, 0.4) is 0 Å². The maximum Gasteiger partial charge on any atom is 0.276 e. The number of anilines is 1. The second-order valence-corrected chi connectivity index (χ2v) is 6.99. The summed E-state index contributed by atoms with van der Waals surface area (Å²) in [4.78, 5) is 26.2. The number of aromatic amines is 1. The van der Waals surface area contributed by atoms with E-state index in [-0.39, 0.29) is 11.8 Å².